The molecule has 10 nitrogen and oxygen atoms in total. The number of fused-ring (bicyclic) bond motifs is 1. The molecule has 5 N–H and O–H groups in total. The summed E-state index contributed by atoms with van der Waals surface area (Å²) in [5.74, 6) is -0.511. The monoisotopic (exact) mass is 337 g/mol. The molecule has 2 aromatic rings. The first-order valence-corrected chi connectivity index (χ1v) is 7.42. The quantitative estimate of drug-likeness (QED) is 0.378. The molecule has 0 aliphatic carbocycles. The van der Waals surface area contributed by atoms with Crippen LogP contribution in [0.3, 0.4) is 0 Å². The molecular formula is C14H19N5O5. The minimum atomic E-state index is -0.980. The lowest BCUT2D eigenvalue weighted by Gasteiger charge is -2.19. The van der Waals surface area contributed by atoms with E-state index < -0.39 is 29.9 Å². The Balaban J connectivity index is 1.92. The number of aromatic amines is 1. The summed E-state index contributed by atoms with van der Waals surface area (Å²) in [6.07, 6.45) is 0.480. The zero-order chi connectivity index (χ0) is 17.3. The molecule has 3 rings (SSSR count). The third kappa shape index (κ3) is 2.80. The van der Waals surface area contributed by atoms with Crippen molar-refractivity contribution < 1.29 is 19.7 Å². The van der Waals surface area contributed by atoms with Gasteiger partial charge in [0.2, 0.25) is 5.95 Å². The Kier molecular flexibility index (Phi) is 4.62. The van der Waals surface area contributed by atoms with Crippen LogP contribution >= 0.6 is 0 Å². The summed E-state index contributed by atoms with van der Waals surface area (Å²) >= 11 is 0. The molecule has 1 fully saturated rings. The standard InChI is InChI=1S/C14H19N5O5/c1-2-3-23-5-7-8(4-20)24-13(10(7)21)19-6-16-9-11(19)17-14(15)18-12(9)22/h2,6-8,10,13,20-21H,1,3-5H2,(H3,15,17,18,22)/t7-,8-,10-,13-/m1/s1. The summed E-state index contributed by atoms with van der Waals surface area (Å²) in [5, 5.41) is 20.1. The molecule has 1 saturated heterocycles. The minimum absolute atomic E-state index is 0.0636. The van der Waals surface area contributed by atoms with Crippen LogP contribution < -0.4 is 11.3 Å². The predicted octanol–water partition coefficient (Wildman–Crippen LogP) is -1.23. The van der Waals surface area contributed by atoms with Crippen molar-refractivity contribution >= 4 is 17.1 Å². The molecular weight excluding hydrogens is 318 g/mol. The number of nitrogens with two attached hydrogens (primary N) is 1. The van der Waals surface area contributed by atoms with Crippen LogP contribution in [-0.2, 0) is 9.47 Å². The fourth-order valence-corrected chi connectivity index (χ4v) is 2.82. The van der Waals surface area contributed by atoms with Crippen molar-refractivity contribution in [2.45, 2.75) is 18.4 Å². The maximum Gasteiger partial charge on any atom is 0.280 e. The Bertz CT molecular complexity index is 787. The molecule has 0 aromatic carbocycles. The van der Waals surface area contributed by atoms with Gasteiger partial charge >= 0.3 is 0 Å². The Morgan fingerprint density at radius 1 is 1.58 bits per heavy atom. The van der Waals surface area contributed by atoms with Gasteiger partial charge in [0.25, 0.3) is 5.56 Å². The van der Waals surface area contributed by atoms with E-state index in [1.807, 2.05) is 0 Å². The lowest BCUT2D eigenvalue weighted by Crippen LogP contribution is -2.32. The number of anilines is 1. The molecule has 0 unspecified atom stereocenters. The molecule has 130 valence electrons. The fraction of sp³-hybridized carbons (Fsp3) is 0.500. The van der Waals surface area contributed by atoms with Crippen LogP contribution in [0.4, 0.5) is 5.95 Å². The average Bonchev–Trinajstić information content (AvgIpc) is 3.09. The first-order chi connectivity index (χ1) is 11.6. The van der Waals surface area contributed by atoms with E-state index in [2.05, 4.69) is 21.5 Å². The van der Waals surface area contributed by atoms with Crippen LogP contribution in [0.1, 0.15) is 6.23 Å². The zero-order valence-corrected chi connectivity index (χ0v) is 12.8. The van der Waals surface area contributed by atoms with Gasteiger partial charge in [0.05, 0.1) is 32.3 Å². The van der Waals surface area contributed by atoms with Crippen LogP contribution in [0.15, 0.2) is 23.8 Å². The number of nitrogens with one attached hydrogen (secondary N) is 1. The van der Waals surface area contributed by atoms with Gasteiger partial charge in [0, 0.05) is 5.92 Å². The summed E-state index contributed by atoms with van der Waals surface area (Å²) in [6.45, 7) is 3.80. The molecule has 24 heavy (non-hydrogen) atoms. The molecule has 0 bridgehead atoms. The average molecular weight is 337 g/mol. The number of hydrogen-bond donors (Lipinski definition) is 4. The summed E-state index contributed by atoms with van der Waals surface area (Å²) in [6, 6.07) is 0. The van der Waals surface area contributed by atoms with Crippen molar-refractivity contribution in [2.75, 3.05) is 25.6 Å². The summed E-state index contributed by atoms with van der Waals surface area (Å²) < 4.78 is 12.5. The Morgan fingerprint density at radius 2 is 2.38 bits per heavy atom. The maximum atomic E-state index is 11.8. The van der Waals surface area contributed by atoms with Gasteiger partial charge in [-0.3, -0.25) is 14.3 Å². The van der Waals surface area contributed by atoms with Crippen LogP contribution in [0.2, 0.25) is 0 Å². The van der Waals surface area contributed by atoms with Crippen molar-refractivity contribution in [3.05, 3.63) is 29.3 Å². The highest BCUT2D eigenvalue weighted by molar-refractivity contribution is 5.70. The molecule has 0 amide bonds. The van der Waals surface area contributed by atoms with Crippen molar-refractivity contribution in [2.24, 2.45) is 5.92 Å². The largest absolute Gasteiger partial charge is 0.394 e. The third-order valence-corrected chi connectivity index (χ3v) is 3.97. The smallest absolute Gasteiger partial charge is 0.280 e. The number of aromatic nitrogens is 4. The van der Waals surface area contributed by atoms with E-state index in [0.29, 0.717) is 6.61 Å². The van der Waals surface area contributed by atoms with E-state index in [1.165, 1.54) is 10.9 Å². The van der Waals surface area contributed by atoms with E-state index >= 15 is 0 Å². The second-order valence-corrected chi connectivity index (χ2v) is 5.50. The van der Waals surface area contributed by atoms with Crippen molar-refractivity contribution in [1.82, 2.24) is 19.5 Å². The lowest BCUT2D eigenvalue weighted by molar-refractivity contribution is -0.0500. The van der Waals surface area contributed by atoms with Crippen LogP contribution in [-0.4, -0.2) is 61.8 Å². The van der Waals surface area contributed by atoms with Gasteiger partial charge in [0.1, 0.15) is 6.10 Å². The van der Waals surface area contributed by atoms with Crippen molar-refractivity contribution in [3.8, 4) is 0 Å². The van der Waals surface area contributed by atoms with Gasteiger partial charge in [-0.05, 0) is 0 Å². The number of rotatable bonds is 6. The van der Waals surface area contributed by atoms with Gasteiger partial charge < -0.3 is 25.4 Å². The Labute approximate surface area is 136 Å². The molecule has 1 aliphatic heterocycles. The number of ether oxygens (including phenoxy) is 2. The van der Waals surface area contributed by atoms with Crippen LogP contribution in [0.5, 0.6) is 0 Å². The van der Waals surface area contributed by atoms with Gasteiger partial charge in [-0.2, -0.15) is 4.98 Å². The number of nitrogen functional groups attached to an aromatic ring is 1. The predicted molar refractivity (Wildman–Crippen MR) is 84.1 cm³/mol. The number of hydrogen-bond acceptors (Lipinski definition) is 8. The normalized spacial score (nSPS) is 26.9. The van der Waals surface area contributed by atoms with E-state index in [9.17, 15) is 15.0 Å². The number of aliphatic hydroxyl groups excluding tert-OH is 2. The van der Waals surface area contributed by atoms with E-state index in [1.54, 1.807) is 6.08 Å². The molecule has 2 aromatic heterocycles. The molecule has 3 heterocycles. The molecule has 1 aliphatic rings. The van der Waals surface area contributed by atoms with Crippen LogP contribution in [0, 0.1) is 5.92 Å². The molecule has 0 spiro atoms. The van der Waals surface area contributed by atoms with E-state index in [-0.39, 0.29) is 30.3 Å². The van der Waals surface area contributed by atoms with Gasteiger partial charge in [-0.25, -0.2) is 4.98 Å². The lowest BCUT2D eigenvalue weighted by atomic mass is 9.99. The minimum Gasteiger partial charge on any atom is -0.394 e. The highest BCUT2D eigenvalue weighted by Gasteiger charge is 2.45. The highest BCUT2D eigenvalue weighted by atomic mass is 16.5. The highest BCUT2D eigenvalue weighted by Crippen LogP contribution is 2.35. The molecule has 4 atom stereocenters. The summed E-state index contributed by atoms with van der Waals surface area (Å²) in [4.78, 5) is 22.2. The fourth-order valence-electron chi connectivity index (χ4n) is 2.82. The first-order valence-electron chi connectivity index (χ1n) is 7.42. The third-order valence-electron chi connectivity index (χ3n) is 3.97. The summed E-state index contributed by atoms with van der Waals surface area (Å²) in [5.41, 5.74) is 5.38. The van der Waals surface area contributed by atoms with E-state index in [0.717, 1.165) is 0 Å². The number of imidazole rings is 1. The van der Waals surface area contributed by atoms with Crippen molar-refractivity contribution in [3.63, 3.8) is 0 Å². The Hall–Kier alpha value is -2.27. The maximum absolute atomic E-state index is 11.8. The number of aliphatic hydroxyl groups is 2. The molecule has 0 saturated carbocycles. The van der Waals surface area contributed by atoms with Gasteiger partial charge in [-0.15, -0.1) is 6.58 Å². The Morgan fingerprint density at radius 3 is 3.08 bits per heavy atom. The number of H-pyrrole nitrogens is 1. The number of nitrogens with zero attached hydrogens (tertiary/aromatic N) is 3. The topological polar surface area (TPSA) is 149 Å². The SMILES string of the molecule is C=CCOC[C@H]1[C@@H](O)[C@H](n2cnc3c(=O)[nH]c(N)nc32)O[C@@H]1CO. The van der Waals surface area contributed by atoms with Crippen molar-refractivity contribution in [1.29, 1.82) is 0 Å². The first kappa shape index (κ1) is 16.6. The zero-order valence-electron chi connectivity index (χ0n) is 12.8. The second-order valence-electron chi connectivity index (χ2n) is 5.50. The van der Waals surface area contributed by atoms with E-state index in [4.69, 9.17) is 15.2 Å². The molecule has 10 heteroatoms. The van der Waals surface area contributed by atoms with Gasteiger partial charge in [0.15, 0.2) is 17.4 Å². The van der Waals surface area contributed by atoms with Crippen LogP contribution in [0.25, 0.3) is 11.2 Å². The second kappa shape index (κ2) is 6.69. The van der Waals surface area contributed by atoms with Gasteiger partial charge in [-0.1, -0.05) is 6.08 Å². The summed E-state index contributed by atoms with van der Waals surface area (Å²) in [7, 11) is 0. The molecule has 0 radical (unpaired) electrons.